The molecule has 104 valence electrons. The Morgan fingerprint density at radius 1 is 1.20 bits per heavy atom. The third-order valence-corrected chi connectivity index (χ3v) is 4.11. The van der Waals surface area contributed by atoms with Gasteiger partial charge < -0.3 is 5.32 Å². The Morgan fingerprint density at radius 2 is 1.70 bits per heavy atom. The van der Waals surface area contributed by atoms with E-state index in [2.05, 4.69) is 5.32 Å². The topological polar surface area (TPSA) is 114 Å². The van der Waals surface area contributed by atoms with Crippen LogP contribution in [-0.4, -0.2) is 31.7 Å². The zero-order valence-electron chi connectivity index (χ0n) is 10.7. The number of benzene rings is 1. The predicted molar refractivity (Wildman–Crippen MR) is 70.7 cm³/mol. The number of hydrogen-bond acceptors (Lipinski definition) is 5. The van der Waals surface area contributed by atoms with Crippen LogP contribution in [0.3, 0.4) is 0 Å². The lowest BCUT2D eigenvalue weighted by molar-refractivity contribution is -0.114. The number of carbonyl (C=O) groups excluding carboxylic acids is 1. The molecule has 0 unspecified atom stereocenters. The number of amides is 1. The molecule has 0 radical (unpaired) electrons. The minimum atomic E-state index is -3.89. The Kier molecular flexibility index (Phi) is 5.21. The van der Waals surface area contributed by atoms with Crippen molar-refractivity contribution in [3.05, 3.63) is 24.3 Å². The van der Waals surface area contributed by atoms with Crippen molar-refractivity contribution in [3.8, 4) is 12.1 Å². The van der Waals surface area contributed by atoms with Crippen LogP contribution in [0.4, 0.5) is 5.69 Å². The van der Waals surface area contributed by atoms with E-state index in [0.717, 1.165) is 4.31 Å². The van der Waals surface area contributed by atoms with Crippen molar-refractivity contribution in [2.45, 2.75) is 11.8 Å². The predicted octanol–water partition coefficient (Wildman–Crippen LogP) is 0.683. The number of carbonyl (C=O) groups is 1. The second-order valence-electron chi connectivity index (χ2n) is 3.79. The standard InChI is InChI=1S/C12H12N4O3S/c1-10(17)15-11-2-4-12(5-3-11)20(18,19)16(8-6-13)9-7-14/h2-5H,8-9H2,1H3,(H,15,17). The average Bonchev–Trinajstić information content (AvgIpc) is 2.38. The van der Waals surface area contributed by atoms with Crippen LogP contribution in [0.5, 0.6) is 0 Å². The normalized spacial score (nSPS) is 10.6. The molecule has 0 spiro atoms. The molecular formula is C12H12N4O3S. The van der Waals surface area contributed by atoms with Gasteiger partial charge in [-0.25, -0.2) is 8.42 Å². The molecule has 0 aromatic heterocycles. The molecule has 7 nitrogen and oxygen atoms in total. The Morgan fingerprint density at radius 3 is 2.10 bits per heavy atom. The fraction of sp³-hybridized carbons (Fsp3) is 0.250. The van der Waals surface area contributed by atoms with Gasteiger partial charge in [-0.15, -0.1) is 0 Å². The monoisotopic (exact) mass is 292 g/mol. The van der Waals surface area contributed by atoms with Gasteiger partial charge in [-0.05, 0) is 24.3 Å². The molecule has 0 saturated heterocycles. The van der Waals surface area contributed by atoms with Gasteiger partial charge >= 0.3 is 0 Å². The molecule has 0 aliphatic carbocycles. The van der Waals surface area contributed by atoms with Gasteiger partial charge in [0.05, 0.1) is 17.0 Å². The minimum Gasteiger partial charge on any atom is -0.326 e. The van der Waals surface area contributed by atoms with E-state index in [1.807, 2.05) is 0 Å². The Hall–Kier alpha value is -2.42. The van der Waals surface area contributed by atoms with Crippen molar-refractivity contribution in [2.75, 3.05) is 18.4 Å². The van der Waals surface area contributed by atoms with E-state index in [9.17, 15) is 13.2 Å². The van der Waals surface area contributed by atoms with Crippen molar-refractivity contribution in [1.82, 2.24) is 4.31 Å². The number of nitrogens with one attached hydrogen (secondary N) is 1. The summed E-state index contributed by atoms with van der Waals surface area (Å²) in [6.07, 6.45) is 0. The van der Waals surface area contributed by atoms with Crippen LogP contribution in [-0.2, 0) is 14.8 Å². The van der Waals surface area contributed by atoms with Crippen LogP contribution < -0.4 is 5.32 Å². The first-order chi connectivity index (χ1) is 9.41. The van der Waals surface area contributed by atoms with Gasteiger partial charge in [0.1, 0.15) is 13.1 Å². The van der Waals surface area contributed by atoms with Gasteiger partial charge in [0.2, 0.25) is 15.9 Å². The lowest BCUT2D eigenvalue weighted by atomic mass is 10.3. The minimum absolute atomic E-state index is 0.0443. The highest BCUT2D eigenvalue weighted by Crippen LogP contribution is 2.18. The summed E-state index contributed by atoms with van der Waals surface area (Å²) in [4.78, 5) is 10.8. The highest BCUT2D eigenvalue weighted by Gasteiger charge is 2.23. The molecule has 0 aliphatic rings. The second kappa shape index (κ2) is 6.66. The summed E-state index contributed by atoms with van der Waals surface area (Å²) in [5.41, 5.74) is 0.462. The van der Waals surface area contributed by atoms with E-state index in [4.69, 9.17) is 10.5 Å². The van der Waals surface area contributed by atoms with Crippen LogP contribution >= 0.6 is 0 Å². The number of sulfonamides is 1. The van der Waals surface area contributed by atoms with Crippen molar-refractivity contribution in [1.29, 1.82) is 10.5 Å². The van der Waals surface area contributed by atoms with Crippen molar-refractivity contribution in [3.63, 3.8) is 0 Å². The molecule has 0 heterocycles. The van der Waals surface area contributed by atoms with Crippen molar-refractivity contribution in [2.24, 2.45) is 0 Å². The van der Waals surface area contributed by atoms with Crippen LogP contribution in [0.1, 0.15) is 6.92 Å². The largest absolute Gasteiger partial charge is 0.326 e. The quantitative estimate of drug-likeness (QED) is 0.801. The van der Waals surface area contributed by atoms with E-state index in [0.29, 0.717) is 5.69 Å². The van der Waals surface area contributed by atoms with Crippen LogP contribution in [0.25, 0.3) is 0 Å². The number of nitriles is 2. The lowest BCUT2D eigenvalue weighted by Gasteiger charge is -2.16. The van der Waals surface area contributed by atoms with Gasteiger partial charge in [0.25, 0.3) is 0 Å². The van der Waals surface area contributed by atoms with Gasteiger partial charge in [-0.3, -0.25) is 4.79 Å². The Balaban J connectivity index is 3.06. The first-order valence-corrected chi connectivity index (χ1v) is 6.97. The average molecular weight is 292 g/mol. The van der Waals surface area contributed by atoms with Crippen LogP contribution in [0.2, 0.25) is 0 Å². The third kappa shape index (κ3) is 3.79. The van der Waals surface area contributed by atoms with Gasteiger partial charge in [0.15, 0.2) is 0 Å². The van der Waals surface area contributed by atoms with E-state index in [1.54, 1.807) is 12.1 Å². The molecule has 1 aromatic carbocycles. The molecule has 1 rings (SSSR count). The maximum absolute atomic E-state index is 12.2. The number of anilines is 1. The fourth-order valence-electron chi connectivity index (χ4n) is 1.45. The zero-order chi connectivity index (χ0) is 15.2. The highest BCUT2D eigenvalue weighted by molar-refractivity contribution is 7.89. The summed E-state index contributed by atoms with van der Waals surface area (Å²) in [5.74, 6) is -0.267. The molecule has 1 amide bonds. The van der Waals surface area contributed by atoms with Crippen molar-refractivity contribution >= 4 is 21.6 Å². The smallest absolute Gasteiger partial charge is 0.244 e. The van der Waals surface area contributed by atoms with Crippen molar-refractivity contribution < 1.29 is 13.2 Å². The summed E-state index contributed by atoms with van der Waals surface area (Å²) >= 11 is 0. The number of nitrogens with zero attached hydrogens (tertiary/aromatic N) is 3. The van der Waals surface area contributed by atoms with E-state index >= 15 is 0 Å². The maximum Gasteiger partial charge on any atom is 0.244 e. The second-order valence-corrected chi connectivity index (χ2v) is 5.73. The number of rotatable bonds is 5. The molecule has 0 bridgehead atoms. The summed E-state index contributed by atoms with van der Waals surface area (Å²) in [6.45, 7) is 0.541. The third-order valence-electron chi connectivity index (χ3n) is 2.31. The first-order valence-electron chi connectivity index (χ1n) is 5.53. The van der Waals surface area contributed by atoms with E-state index < -0.39 is 23.1 Å². The SMILES string of the molecule is CC(=O)Nc1ccc(S(=O)(=O)N(CC#N)CC#N)cc1. The van der Waals surface area contributed by atoms with Gasteiger partial charge in [0, 0.05) is 12.6 Å². The fourth-order valence-corrected chi connectivity index (χ4v) is 2.68. The van der Waals surface area contributed by atoms with Gasteiger partial charge in [-0.1, -0.05) is 0 Å². The lowest BCUT2D eigenvalue weighted by Crippen LogP contribution is -2.31. The van der Waals surface area contributed by atoms with E-state index in [1.165, 1.54) is 31.2 Å². The molecule has 1 aromatic rings. The van der Waals surface area contributed by atoms with Gasteiger partial charge in [-0.2, -0.15) is 14.8 Å². The van der Waals surface area contributed by atoms with Crippen LogP contribution in [0, 0.1) is 22.7 Å². The highest BCUT2D eigenvalue weighted by atomic mass is 32.2. The molecule has 20 heavy (non-hydrogen) atoms. The molecule has 1 N–H and O–H groups in total. The molecule has 0 atom stereocenters. The van der Waals surface area contributed by atoms with E-state index in [-0.39, 0.29) is 10.8 Å². The summed E-state index contributed by atoms with van der Waals surface area (Å²) in [7, 11) is -3.89. The number of hydrogen-bond donors (Lipinski definition) is 1. The first kappa shape index (κ1) is 15.6. The molecule has 8 heteroatoms. The van der Waals surface area contributed by atoms with Crippen LogP contribution in [0.15, 0.2) is 29.2 Å². The Labute approximate surface area is 117 Å². The molecule has 0 fully saturated rings. The zero-order valence-corrected chi connectivity index (χ0v) is 11.5. The molecular weight excluding hydrogens is 280 g/mol. The Bertz CT molecular complexity index is 652. The summed E-state index contributed by atoms with van der Waals surface area (Å²) < 4.78 is 25.1. The maximum atomic E-state index is 12.2. The molecule has 0 saturated carbocycles. The summed E-state index contributed by atoms with van der Waals surface area (Å²) in [6, 6.07) is 8.90. The molecule has 0 aliphatic heterocycles. The summed E-state index contributed by atoms with van der Waals surface area (Å²) in [5, 5.41) is 19.7.